The maximum Gasteiger partial charge on any atom is 0.254 e. The molecule has 96 valence electrons. The van der Waals surface area contributed by atoms with Crippen LogP contribution in [-0.4, -0.2) is 36.8 Å². The molecule has 1 aliphatic heterocycles. The van der Waals surface area contributed by atoms with Crippen molar-refractivity contribution >= 4 is 11.7 Å². The van der Waals surface area contributed by atoms with Crippen molar-refractivity contribution in [2.75, 3.05) is 20.2 Å². The van der Waals surface area contributed by atoms with Crippen molar-refractivity contribution in [3.63, 3.8) is 0 Å². The Labute approximate surface area is 104 Å². The molecule has 4 nitrogen and oxygen atoms in total. The lowest BCUT2D eigenvalue weighted by Crippen LogP contribution is -2.40. The number of likely N-dealkylation sites (tertiary alicyclic amines) is 1. The summed E-state index contributed by atoms with van der Waals surface area (Å²) < 4.78 is 18.3. The first kappa shape index (κ1) is 12.5. The minimum atomic E-state index is -0.577. The predicted octanol–water partition coefficient (Wildman–Crippen LogP) is 1.64. The number of halogens is 1. The number of hydrogen-bond acceptors (Lipinski definition) is 3. The predicted molar refractivity (Wildman–Crippen MR) is 63.1 cm³/mol. The summed E-state index contributed by atoms with van der Waals surface area (Å²) >= 11 is 0. The maximum atomic E-state index is 13.5. The fourth-order valence-electron chi connectivity index (χ4n) is 1.99. The number of ether oxygens (including phenoxy) is 1. The van der Waals surface area contributed by atoms with Gasteiger partial charge in [0.1, 0.15) is 0 Å². The number of nitrogens with zero attached hydrogens (tertiary/aromatic N) is 1. The zero-order chi connectivity index (χ0) is 13.1. The van der Waals surface area contributed by atoms with Gasteiger partial charge in [-0.3, -0.25) is 9.59 Å². The van der Waals surface area contributed by atoms with E-state index in [1.807, 2.05) is 0 Å². The molecular weight excluding hydrogens is 237 g/mol. The Bertz CT molecular complexity index is 487. The Morgan fingerprint density at radius 2 is 2.22 bits per heavy atom. The molecule has 2 rings (SSSR count). The number of ketones is 1. The molecule has 0 radical (unpaired) electrons. The third kappa shape index (κ3) is 2.50. The fraction of sp³-hybridized carbons (Fsp3) is 0.385. The highest BCUT2D eigenvalue weighted by Gasteiger charge is 2.23. The molecule has 1 saturated heterocycles. The molecule has 5 heteroatoms. The summed E-state index contributed by atoms with van der Waals surface area (Å²) in [5, 5.41) is 0. The average molecular weight is 251 g/mol. The molecule has 1 aromatic carbocycles. The molecule has 0 N–H and O–H groups in total. The van der Waals surface area contributed by atoms with Gasteiger partial charge in [-0.25, -0.2) is 4.39 Å². The topological polar surface area (TPSA) is 46.6 Å². The van der Waals surface area contributed by atoms with Crippen LogP contribution in [0.1, 0.15) is 23.2 Å². The Hall–Kier alpha value is -1.91. The second-order valence-corrected chi connectivity index (χ2v) is 4.22. The number of carbonyl (C=O) groups excluding carboxylic acids is 2. The monoisotopic (exact) mass is 251 g/mol. The summed E-state index contributed by atoms with van der Waals surface area (Å²) in [5.74, 6) is -0.749. The van der Waals surface area contributed by atoms with Crippen molar-refractivity contribution in [2.24, 2.45) is 0 Å². The molecule has 0 aliphatic carbocycles. The van der Waals surface area contributed by atoms with E-state index in [2.05, 4.69) is 0 Å². The Kier molecular flexibility index (Phi) is 3.60. The van der Waals surface area contributed by atoms with Gasteiger partial charge in [-0.05, 0) is 24.6 Å². The highest BCUT2D eigenvalue weighted by molar-refractivity contribution is 5.97. The van der Waals surface area contributed by atoms with Crippen LogP contribution in [-0.2, 0) is 4.79 Å². The van der Waals surface area contributed by atoms with Gasteiger partial charge in [0.25, 0.3) is 5.91 Å². The van der Waals surface area contributed by atoms with Crippen LogP contribution in [0.5, 0.6) is 5.75 Å². The standard InChI is InChI=1S/C13H14FNO3/c1-18-12-5-4-9(7-11(12)14)13(17)15-6-2-3-10(16)8-15/h4-5,7H,2-3,6,8H2,1H3. The van der Waals surface area contributed by atoms with Gasteiger partial charge < -0.3 is 9.64 Å². The van der Waals surface area contributed by atoms with E-state index < -0.39 is 5.82 Å². The van der Waals surface area contributed by atoms with Crippen LogP contribution in [0, 0.1) is 5.82 Å². The van der Waals surface area contributed by atoms with Gasteiger partial charge in [0.15, 0.2) is 17.3 Å². The van der Waals surface area contributed by atoms with Gasteiger partial charge in [-0.1, -0.05) is 0 Å². The van der Waals surface area contributed by atoms with Crippen molar-refractivity contribution in [3.05, 3.63) is 29.6 Å². The zero-order valence-electron chi connectivity index (χ0n) is 10.1. The molecule has 1 aromatic rings. The summed E-state index contributed by atoms with van der Waals surface area (Å²) in [6, 6.07) is 4.05. The van der Waals surface area contributed by atoms with E-state index in [9.17, 15) is 14.0 Å². The molecule has 1 fully saturated rings. The van der Waals surface area contributed by atoms with E-state index in [-0.39, 0.29) is 29.5 Å². The van der Waals surface area contributed by atoms with E-state index >= 15 is 0 Å². The summed E-state index contributed by atoms with van der Waals surface area (Å²) in [6.07, 6.45) is 1.18. The first-order valence-corrected chi connectivity index (χ1v) is 5.76. The average Bonchev–Trinajstić information content (AvgIpc) is 2.37. The van der Waals surface area contributed by atoms with Crippen LogP contribution in [0.25, 0.3) is 0 Å². The fourth-order valence-corrected chi connectivity index (χ4v) is 1.99. The van der Waals surface area contributed by atoms with Gasteiger partial charge in [0, 0.05) is 18.5 Å². The number of hydrogen-bond donors (Lipinski definition) is 0. The second-order valence-electron chi connectivity index (χ2n) is 4.22. The molecule has 0 unspecified atom stereocenters. The molecule has 0 spiro atoms. The zero-order valence-corrected chi connectivity index (χ0v) is 10.1. The largest absolute Gasteiger partial charge is 0.494 e. The lowest BCUT2D eigenvalue weighted by molar-refractivity contribution is -0.121. The number of methoxy groups -OCH3 is 1. The van der Waals surface area contributed by atoms with Crippen molar-refractivity contribution in [1.29, 1.82) is 0 Å². The molecule has 0 saturated carbocycles. The van der Waals surface area contributed by atoms with Gasteiger partial charge >= 0.3 is 0 Å². The summed E-state index contributed by atoms with van der Waals surface area (Å²) in [7, 11) is 1.36. The van der Waals surface area contributed by atoms with E-state index in [4.69, 9.17) is 4.74 Å². The van der Waals surface area contributed by atoms with E-state index in [1.165, 1.54) is 24.1 Å². The van der Waals surface area contributed by atoms with Crippen LogP contribution in [0.15, 0.2) is 18.2 Å². The number of Topliss-reactive ketones (excluding diaryl/α,β-unsaturated/α-hetero) is 1. The molecule has 1 amide bonds. The van der Waals surface area contributed by atoms with Gasteiger partial charge in [0.2, 0.25) is 0 Å². The molecular formula is C13H14FNO3. The highest BCUT2D eigenvalue weighted by atomic mass is 19.1. The number of rotatable bonds is 2. The van der Waals surface area contributed by atoms with Crippen LogP contribution in [0.4, 0.5) is 4.39 Å². The van der Waals surface area contributed by atoms with Crippen molar-refractivity contribution in [3.8, 4) is 5.75 Å². The summed E-state index contributed by atoms with van der Waals surface area (Å²) in [4.78, 5) is 24.8. The third-order valence-corrected chi connectivity index (χ3v) is 2.94. The Balaban J connectivity index is 2.18. The normalized spacial score (nSPS) is 15.7. The first-order valence-electron chi connectivity index (χ1n) is 5.76. The van der Waals surface area contributed by atoms with Crippen LogP contribution >= 0.6 is 0 Å². The lowest BCUT2D eigenvalue weighted by Gasteiger charge is -2.25. The van der Waals surface area contributed by atoms with Crippen molar-refractivity contribution in [1.82, 2.24) is 4.90 Å². The minimum absolute atomic E-state index is 0.0450. The van der Waals surface area contributed by atoms with E-state index in [0.717, 1.165) is 6.07 Å². The summed E-state index contributed by atoms with van der Waals surface area (Å²) in [5.41, 5.74) is 0.239. The van der Waals surface area contributed by atoms with Gasteiger partial charge in [0.05, 0.1) is 13.7 Å². The van der Waals surface area contributed by atoms with Crippen LogP contribution in [0.2, 0.25) is 0 Å². The molecule has 1 aliphatic rings. The molecule has 0 bridgehead atoms. The summed E-state index contributed by atoms with van der Waals surface area (Å²) in [6.45, 7) is 0.657. The van der Waals surface area contributed by atoms with Crippen molar-refractivity contribution in [2.45, 2.75) is 12.8 Å². The molecule has 0 atom stereocenters. The SMILES string of the molecule is COc1ccc(C(=O)N2CCCC(=O)C2)cc1F. The smallest absolute Gasteiger partial charge is 0.254 e. The maximum absolute atomic E-state index is 13.5. The van der Waals surface area contributed by atoms with E-state index in [0.29, 0.717) is 19.4 Å². The Morgan fingerprint density at radius 3 is 2.83 bits per heavy atom. The first-order chi connectivity index (χ1) is 8.61. The Morgan fingerprint density at radius 1 is 1.44 bits per heavy atom. The molecule has 1 heterocycles. The number of amides is 1. The lowest BCUT2D eigenvalue weighted by atomic mass is 10.1. The molecule has 0 aromatic heterocycles. The van der Waals surface area contributed by atoms with Crippen molar-refractivity contribution < 1.29 is 18.7 Å². The van der Waals surface area contributed by atoms with Gasteiger partial charge in [-0.15, -0.1) is 0 Å². The molecule has 18 heavy (non-hydrogen) atoms. The number of benzene rings is 1. The van der Waals surface area contributed by atoms with Crippen LogP contribution < -0.4 is 4.74 Å². The third-order valence-electron chi connectivity index (χ3n) is 2.94. The number of carbonyl (C=O) groups is 2. The van der Waals surface area contributed by atoms with Crippen LogP contribution in [0.3, 0.4) is 0 Å². The van der Waals surface area contributed by atoms with Gasteiger partial charge in [-0.2, -0.15) is 0 Å². The highest BCUT2D eigenvalue weighted by Crippen LogP contribution is 2.19. The minimum Gasteiger partial charge on any atom is -0.494 e. The quantitative estimate of drug-likeness (QED) is 0.802. The van der Waals surface area contributed by atoms with E-state index in [1.54, 1.807) is 0 Å². The second kappa shape index (κ2) is 5.16. The number of piperidine rings is 1.